The monoisotopic (exact) mass is 724 g/mol. The molecule has 0 aliphatic rings. The highest BCUT2D eigenvalue weighted by molar-refractivity contribution is 6.19. The van der Waals surface area contributed by atoms with Gasteiger partial charge in [0, 0.05) is 51.0 Å². The van der Waals surface area contributed by atoms with Crippen LogP contribution >= 0.6 is 0 Å². The van der Waals surface area contributed by atoms with Crippen LogP contribution in [0.1, 0.15) is 16.7 Å². The van der Waals surface area contributed by atoms with Crippen molar-refractivity contribution in [3.05, 3.63) is 211 Å². The Labute approximate surface area is 327 Å². The maximum absolute atomic E-state index is 8.20. The van der Waals surface area contributed by atoms with Crippen molar-refractivity contribution < 1.29 is 4.42 Å². The molecular formula is C51H40N4O. The van der Waals surface area contributed by atoms with E-state index in [1.807, 2.05) is 91.1 Å². The van der Waals surface area contributed by atoms with Gasteiger partial charge in [0.2, 0.25) is 0 Å². The van der Waals surface area contributed by atoms with Gasteiger partial charge in [-0.2, -0.15) is 0 Å². The molecule has 56 heavy (non-hydrogen) atoms. The fourth-order valence-electron chi connectivity index (χ4n) is 6.56. The standard InChI is InChI=1S/C36H24N2O.C8H8N2.C7H8/c37-23-28-18-19-30(26-14-16-27(17-15-26)33-13-7-8-20-38-33)36-34(28)32-22-29(24-9-3-1-4-10-24)21-31(35(32)39-36)25-11-5-2-6-12-25;1-10-8(9)7-5-3-2-4-6-7;1-7-5-3-2-4-6-7/h1-23,37H;2-6,9H,1H2;2-6H,1H3. The van der Waals surface area contributed by atoms with E-state index in [9.17, 15) is 0 Å². The molecule has 0 spiro atoms. The van der Waals surface area contributed by atoms with E-state index in [1.165, 1.54) is 11.8 Å². The Kier molecular flexibility index (Phi) is 11.5. The summed E-state index contributed by atoms with van der Waals surface area (Å²) in [4.78, 5) is 7.97. The number of fused-ring (bicyclic) bond motifs is 3. The van der Waals surface area contributed by atoms with Gasteiger partial charge in [-0.15, -0.1) is 0 Å². The molecule has 270 valence electrons. The van der Waals surface area contributed by atoms with Crippen LogP contribution in [0.4, 0.5) is 0 Å². The van der Waals surface area contributed by atoms with Crippen molar-refractivity contribution in [2.24, 2.45) is 4.99 Å². The molecule has 9 rings (SSSR count). The molecule has 0 fully saturated rings. The van der Waals surface area contributed by atoms with Gasteiger partial charge >= 0.3 is 0 Å². The van der Waals surface area contributed by atoms with Gasteiger partial charge in [-0.05, 0) is 66.2 Å². The lowest BCUT2D eigenvalue weighted by Gasteiger charge is -2.08. The number of nitrogens with zero attached hydrogens (tertiary/aromatic N) is 2. The molecule has 2 heterocycles. The number of aliphatic imine (C=N–C) groups is 1. The van der Waals surface area contributed by atoms with Crippen LogP contribution < -0.4 is 0 Å². The normalized spacial score (nSPS) is 10.4. The predicted octanol–water partition coefficient (Wildman–Crippen LogP) is 13.4. The SMILES string of the molecule is C=NC(=N)c1ccccc1.Cc1ccccc1.N=Cc1ccc(-c2ccc(-c3ccccn3)cc2)c2oc3c(-c4ccccc4)cc(-c4ccccc4)cc3c12. The third-order valence-electron chi connectivity index (χ3n) is 9.40. The second-order valence-electron chi connectivity index (χ2n) is 13.1. The fraction of sp³-hybridized carbons (Fsp3) is 0.0196. The van der Waals surface area contributed by atoms with Gasteiger partial charge in [-0.25, -0.2) is 4.99 Å². The van der Waals surface area contributed by atoms with Gasteiger partial charge in [-0.1, -0.05) is 163 Å². The Balaban J connectivity index is 0.000000233. The minimum absolute atomic E-state index is 0.223. The fourth-order valence-corrected chi connectivity index (χ4v) is 6.56. The summed E-state index contributed by atoms with van der Waals surface area (Å²) in [5, 5.41) is 17.4. The van der Waals surface area contributed by atoms with E-state index in [4.69, 9.17) is 15.2 Å². The number of aryl methyl sites for hydroxylation is 1. The first-order chi connectivity index (χ1) is 27.5. The molecule has 2 N–H and O–H groups in total. The molecule has 0 saturated carbocycles. The molecule has 0 bridgehead atoms. The summed E-state index contributed by atoms with van der Waals surface area (Å²) < 4.78 is 6.76. The molecule has 0 aliphatic heterocycles. The first-order valence-electron chi connectivity index (χ1n) is 18.3. The molecular weight excluding hydrogens is 685 g/mol. The molecule has 0 amide bonds. The Hall–Kier alpha value is -7.50. The minimum atomic E-state index is 0.223. The van der Waals surface area contributed by atoms with Crippen molar-refractivity contribution in [1.82, 2.24) is 4.98 Å². The van der Waals surface area contributed by atoms with Gasteiger partial charge in [-0.3, -0.25) is 10.4 Å². The van der Waals surface area contributed by atoms with E-state index < -0.39 is 0 Å². The van der Waals surface area contributed by atoms with Crippen LogP contribution in [0.3, 0.4) is 0 Å². The molecule has 0 radical (unpaired) electrons. The summed E-state index contributed by atoms with van der Waals surface area (Å²) in [6, 6.07) is 63.2. The maximum Gasteiger partial charge on any atom is 0.151 e. The molecule has 5 nitrogen and oxygen atoms in total. The van der Waals surface area contributed by atoms with E-state index in [2.05, 4.69) is 127 Å². The van der Waals surface area contributed by atoms with Crippen LogP contribution in [0.25, 0.3) is 66.6 Å². The topological polar surface area (TPSA) is 86.1 Å². The maximum atomic E-state index is 8.20. The van der Waals surface area contributed by atoms with Crippen molar-refractivity contribution in [3.63, 3.8) is 0 Å². The smallest absolute Gasteiger partial charge is 0.151 e. The first-order valence-corrected chi connectivity index (χ1v) is 18.3. The van der Waals surface area contributed by atoms with Crippen molar-refractivity contribution in [3.8, 4) is 44.6 Å². The van der Waals surface area contributed by atoms with Gasteiger partial charge < -0.3 is 9.83 Å². The lowest BCUT2D eigenvalue weighted by atomic mass is 9.93. The first kappa shape index (κ1) is 36.8. The number of nitrogens with one attached hydrogen (secondary N) is 2. The highest BCUT2D eigenvalue weighted by Crippen LogP contribution is 2.43. The zero-order valence-electron chi connectivity index (χ0n) is 31.1. The van der Waals surface area contributed by atoms with E-state index in [-0.39, 0.29) is 5.84 Å². The predicted molar refractivity (Wildman–Crippen MR) is 235 cm³/mol. The number of pyridine rings is 1. The number of rotatable bonds is 6. The summed E-state index contributed by atoms with van der Waals surface area (Å²) in [6.07, 6.45) is 3.23. The number of furan rings is 1. The number of amidine groups is 1. The Bertz CT molecular complexity index is 2710. The molecule has 5 heteroatoms. The average molecular weight is 725 g/mol. The summed E-state index contributed by atoms with van der Waals surface area (Å²) in [5.74, 6) is 0.223. The van der Waals surface area contributed by atoms with E-state index >= 15 is 0 Å². The minimum Gasteiger partial charge on any atom is -0.455 e. The highest BCUT2D eigenvalue weighted by Gasteiger charge is 2.20. The number of aromatic nitrogens is 1. The molecule has 0 aliphatic carbocycles. The lowest BCUT2D eigenvalue weighted by molar-refractivity contribution is 0.671. The van der Waals surface area contributed by atoms with Crippen LogP contribution in [-0.4, -0.2) is 23.8 Å². The molecule has 0 unspecified atom stereocenters. The zero-order valence-corrected chi connectivity index (χ0v) is 31.1. The van der Waals surface area contributed by atoms with Gasteiger partial charge in [0.1, 0.15) is 11.2 Å². The van der Waals surface area contributed by atoms with E-state index in [1.54, 1.807) is 0 Å². The summed E-state index contributed by atoms with van der Waals surface area (Å²) in [5.41, 5.74) is 13.0. The van der Waals surface area contributed by atoms with Gasteiger partial charge in [0.25, 0.3) is 0 Å². The largest absolute Gasteiger partial charge is 0.455 e. The second-order valence-corrected chi connectivity index (χ2v) is 13.1. The van der Waals surface area contributed by atoms with Crippen molar-refractivity contribution >= 4 is 40.7 Å². The number of hydrogen-bond donors (Lipinski definition) is 2. The third-order valence-corrected chi connectivity index (χ3v) is 9.40. The Morgan fingerprint density at radius 3 is 1.71 bits per heavy atom. The summed E-state index contributed by atoms with van der Waals surface area (Å²) >= 11 is 0. The van der Waals surface area contributed by atoms with Crippen molar-refractivity contribution in [2.75, 3.05) is 0 Å². The summed E-state index contributed by atoms with van der Waals surface area (Å²) in [7, 11) is 0. The van der Waals surface area contributed by atoms with Crippen LogP contribution in [0.5, 0.6) is 0 Å². The van der Waals surface area contributed by atoms with Crippen LogP contribution in [-0.2, 0) is 0 Å². The molecule has 0 saturated heterocycles. The second kappa shape index (κ2) is 17.5. The van der Waals surface area contributed by atoms with E-state index in [0.29, 0.717) is 0 Å². The average Bonchev–Trinajstić information content (AvgIpc) is 3.67. The van der Waals surface area contributed by atoms with Crippen LogP contribution in [0, 0.1) is 17.7 Å². The van der Waals surface area contributed by atoms with Crippen LogP contribution in [0.2, 0.25) is 0 Å². The number of hydrogen-bond acceptors (Lipinski definition) is 4. The molecule has 2 aromatic heterocycles. The zero-order chi connectivity index (χ0) is 38.7. The van der Waals surface area contributed by atoms with E-state index in [0.717, 1.165) is 77.7 Å². The van der Waals surface area contributed by atoms with Crippen molar-refractivity contribution in [1.29, 1.82) is 10.8 Å². The highest BCUT2D eigenvalue weighted by atomic mass is 16.3. The van der Waals surface area contributed by atoms with Gasteiger partial charge in [0.15, 0.2) is 5.84 Å². The molecule has 0 atom stereocenters. The molecule has 7 aromatic carbocycles. The van der Waals surface area contributed by atoms with Crippen molar-refractivity contribution in [2.45, 2.75) is 6.92 Å². The number of benzene rings is 7. The Morgan fingerprint density at radius 1 is 0.571 bits per heavy atom. The third kappa shape index (κ3) is 8.33. The quantitative estimate of drug-likeness (QED) is 0.132. The van der Waals surface area contributed by atoms with Gasteiger partial charge in [0.05, 0.1) is 5.69 Å². The molecule has 9 aromatic rings. The lowest BCUT2D eigenvalue weighted by Crippen LogP contribution is -1.91. The summed E-state index contributed by atoms with van der Waals surface area (Å²) in [6.45, 7) is 5.35. The Morgan fingerprint density at radius 2 is 1.14 bits per heavy atom. The van der Waals surface area contributed by atoms with Crippen LogP contribution in [0.15, 0.2) is 204 Å².